The molecule has 34 heavy (non-hydrogen) atoms. The van der Waals surface area contributed by atoms with Gasteiger partial charge in [-0.05, 0) is 49.4 Å². The standard InChI is InChI=1S/C25H21N3O5S/c1-17(29)18-13-14-23(32-2)21(15-18)22-16-24(33-19-9-5-3-6-10-19)27-25(26-22)28-34(30,31)20-11-7-4-8-12-20/h3-16H,1-2H3,(H,26,27,28). The third-order valence-electron chi connectivity index (χ3n) is 4.83. The topological polar surface area (TPSA) is 107 Å². The second-order valence-electron chi connectivity index (χ2n) is 7.22. The number of nitrogens with zero attached hydrogens (tertiary/aromatic N) is 2. The van der Waals surface area contributed by atoms with Gasteiger partial charge in [0.2, 0.25) is 11.8 Å². The molecule has 0 fully saturated rings. The summed E-state index contributed by atoms with van der Waals surface area (Å²) in [5.74, 6) is 0.739. The van der Waals surface area contributed by atoms with Crippen molar-refractivity contribution in [2.45, 2.75) is 11.8 Å². The molecule has 8 nitrogen and oxygen atoms in total. The number of sulfonamides is 1. The Hall–Kier alpha value is -4.24. The van der Waals surface area contributed by atoms with E-state index in [4.69, 9.17) is 9.47 Å². The first-order chi connectivity index (χ1) is 16.4. The van der Waals surface area contributed by atoms with Crippen molar-refractivity contribution in [1.82, 2.24) is 9.97 Å². The number of methoxy groups -OCH3 is 1. The molecule has 0 radical (unpaired) electrons. The smallest absolute Gasteiger partial charge is 0.264 e. The Morgan fingerprint density at radius 3 is 2.21 bits per heavy atom. The number of hydrogen-bond acceptors (Lipinski definition) is 7. The average Bonchev–Trinajstić information content (AvgIpc) is 2.84. The molecule has 172 valence electrons. The third kappa shape index (κ3) is 5.21. The number of carbonyl (C=O) groups excluding carboxylic acids is 1. The normalized spacial score (nSPS) is 11.0. The zero-order valence-electron chi connectivity index (χ0n) is 18.4. The molecule has 1 aromatic heterocycles. The Morgan fingerprint density at radius 1 is 0.882 bits per heavy atom. The molecule has 0 spiro atoms. The highest BCUT2D eigenvalue weighted by Crippen LogP contribution is 2.33. The maximum Gasteiger partial charge on any atom is 0.264 e. The van der Waals surface area contributed by atoms with Gasteiger partial charge in [-0.1, -0.05) is 36.4 Å². The van der Waals surface area contributed by atoms with Gasteiger partial charge >= 0.3 is 0 Å². The van der Waals surface area contributed by atoms with Crippen LogP contribution in [0.2, 0.25) is 0 Å². The van der Waals surface area contributed by atoms with Crippen LogP contribution in [0.5, 0.6) is 17.4 Å². The molecule has 0 aliphatic carbocycles. The second-order valence-corrected chi connectivity index (χ2v) is 8.90. The van der Waals surface area contributed by atoms with E-state index in [0.29, 0.717) is 28.3 Å². The number of hydrogen-bond donors (Lipinski definition) is 1. The molecule has 4 rings (SSSR count). The van der Waals surface area contributed by atoms with Crippen LogP contribution in [0.3, 0.4) is 0 Å². The van der Waals surface area contributed by atoms with Crippen molar-refractivity contribution in [3.63, 3.8) is 0 Å². The number of para-hydroxylation sites is 1. The van der Waals surface area contributed by atoms with Crippen molar-refractivity contribution in [2.75, 3.05) is 11.8 Å². The lowest BCUT2D eigenvalue weighted by molar-refractivity contribution is 0.101. The number of anilines is 1. The highest BCUT2D eigenvalue weighted by Gasteiger charge is 2.19. The lowest BCUT2D eigenvalue weighted by Gasteiger charge is -2.13. The van der Waals surface area contributed by atoms with Gasteiger partial charge in [0.05, 0.1) is 17.7 Å². The summed E-state index contributed by atoms with van der Waals surface area (Å²) in [6.07, 6.45) is 0. The van der Waals surface area contributed by atoms with E-state index in [0.717, 1.165) is 0 Å². The van der Waals surface area contributed by atoms with Crippen LogP contribution >= 0.6 is 0 Å². The first kappa shape index (κ1) is 22.9. The highest BCUT2D eigenvalue weighted by atomic mass is 32.2. The summed E-state index contributed by atoms with van der Waals surface area (Å²) in [6, 6.07) is 23.3. The SMILES string of the molecule is COc1ccc(C(C)=O)cc1-c1cc(Oc2ccccc2)nc(NS(=O)(=O)c2ccccc2)n1. The van der Waals surface area contributed by atoms with Gasteiger partial charge in [0.15, 0.2) is 5.78 Å². The zero-order valence-corrected chi connectivity index (χ0v) is 19.2. The zero-order chi connectivity index (χ0) is 24.1. The highest BCUT2D eigenvalue weighted by molar-refractivity contribution is 7.92. The van der Waals surface area contributed by atoms with Gasteiger partial charge in [0.1, 0.15) is 11.5 Å². The van der Waals surface area contributed by atoms with Gasteiger partial charge in [0.25, 0.3) is 10.0 Å². The number of ketones is 1. The first-order valence-corrected chi connectivity index (χ1v) is 11.7. The van der Waals surface area contributed by atoms with Gasteiger partial charge in [-0.15, -0.1) is 0 Å². The molecule has 0 unspecified atom stereocenters. The number of aromatic nitrogens is 2. The molecule has 1 heterocycles. The van der Waals surface area contributed by atoms with E-state index in [1.54, 1.807) is 66.7 Å². The van der Waals surface area contributed by atoms with Crippen LogP contribution in [0, 0.1) is 0 Å². The van der Waals surface area contributed by atoms with Crippen LogP contribution in [0.25, 0.3) is 11.3 Å². The van der Waals surface area contributed by atoms with Crippen LogP contribution in [0.4, 0.5) is 5.95 Å². The number of carbonyl (C=O) groups is 1. The van der Waals surface area contributed by atoms with Crippen molar-refractivity contribution in [2.24, 2.45) is 0 Å². The summed E-state index contributed by atoms with van der Waals surface area (Å²) in [4.78, 5) is 20.7. The maximum absolute atomic E-state index is 12.9. The Morgan fingerprint density at radius 2 is 1.56 bits per heavy atom. The van der Waals surface area contributed by atoms with Crippen molar-refractivity contribution in [1.29, 1.82) is 0 Å². The molecular weight excluding hydrogens is 454 g/mol. The van der Waals surface area contributed by atoms with Gasteiger partial charge in [-0.2, -0.15) is 4.98 Å². The third-order valence-corrected chi connectivity index (χ3v) is 6.17. The van der Waals surface area contributed by atoms with Crippen LogP contribution < -0.4 is 14.2 Å². The largest absolute Gasteiger partial charge is 0.496 e. The Labute approximate surface area is 197 Å². The van der Waals surface area contributed by atoms with E-state index in [-0.39, 0.29) is 22.5 Å². The van der Waals surface area contributed by atoms with Crippen molar-refractivity contribution >= 4 is 21.8 Å². The average molecular weight is 476 g/mol. The number of ether oxygens (including phenoxy) is 2. The Kier molecular flexibility index (Phi) is 6.55. The van der Waals surface area contributed by atoms with Crippen LogP contribution in [0.15, 0.2) is 89.8 Å². The molecule has 4 aromatic rings. The van der Waals surface area contributed by atoms with Crippen LogP contribution in [-0.2, 0) is 10.0 Å². The minimum Gasteiger partial charge on any atom is -0.496 e. The summed E-state index contributed by atoms with van der Waals surface area (Å²) >= 11 is 0. The van der Waals surface area contributed by atoms with Gasteiger partial charge in [0, 0.05) is 17.2 Å². The molecule has 0 bridgehead atoms. The van der Waals surface area contributed by atoms with Crippen LogP contribution in [-0.4, -0.2) is 31.3 Å². The molecule has 9 heteroatoms. The minimum absolute atomic E-state index is 0.0608. The number of rotatable bonds is 8. The summed E-state index contributed by atoms with van der Waals surface area (Å²) in [5, 5.41) is 0. The number of benzene rings is 3. The molecule has 0 aliphatic heterocycles. The van der Waals surface area contributed by atoms with Crippen LogP contribution in [0.1, 0.15) is 17.3 Å². The predicted molar refractivity (Wildman–Crippen MR) is 128 cm³/mol. The lowest BCUT2D eigenvalue weighted by atomic mass is 10.0. The van der Waals surface area contributed by atoms with E-state index < -0.39 is 10.0 Å². The second kappa shape index (κ2) is 9.72. The fourth-order valence-electron chi connectivity index (χ4n) is 3.18. The van der Waals surface area contributed by atoms with E-state index >= 15 is 0 Å². The summed E-state index contributed by atoms with van der Waals surface area (Å²) in [6.45, 7) is 1.45. The molecule has 1 N–H and O–H groups in total. The molecular formula is C25H21N3O5S. The fraction of sp³-hybridized carbons (Fsp3) is 0.0800. The number of nitrogens with one attached hydrogen (secondary N) is 1. The van der Waals surface area contributed by atoms with E-state index in [9.17, 15) is 13.2 Å². The van der Waals surface area contributed by atoms with Crippen molar-refractivity contribution in [3.05, 3.63) is 90.5 Å². The van der Waals surface area contributed by atoms with Gasteiger partial charge in [-0.3, -0.25) is 4.79 Å². The Balaban J connectivity index is 1.83. The van der Waals surface area contributed by atoms with Crippen molar-refractivity contribution < 1.29 is 22.7 Å². The summed E-state index contributed by atoms with van der Waals surface area (Å²) < 4.78 is 39.5. The summed E-state index contributed by atoms with van der Waals surface area (Å²) in [5.41, 5.74) is 1.24. The molecule has 0 saturated carbocycles. The monoisotopic (exact) mass is 475 g/mol. The minimum atomic E-state index is -3.96. The van der Waals surface area contributed by atoms with Gasteiger partial charge in [-0.25, -0.2) is 18.1 Å². The molecule has 0 aliphatic rings. The first-order valence-electron chi connectivity index (χ1n) is 10.2. The van der Waals surface area contributed by atoms with E-state index in [2.05, 4.69) is 14.7 Å². The predicted octanol–water partition coefficient (Wildman–Crippen LogP) is 4.95. The summed E-state index contributed by atoms with van der Waals surface area (Å²) in [7, 11) is -2.46. The lowest BCUT2D eigenvalue weighted by Crippen LogP contribution is -2.15. The van der Waals surface area contributed by atoms with E-state index in [1.807, 2.05) is 6.07 Å². The van der Waals surface area contributed by atoms with Crippen molar-refractivity contribution in [3.8, 4) is 28.6 Å². The maximum atomic E-state index is 12.9. The fourth-order valence-corrected chi connectivity index (χ4v) is 4.14. The molecule has 0 amide bonds. The molecule has 0 atom stereocenters. The molecule has 3 aromatic carbocycles. The Bertz CT molecular complexity index is 1430. The number of Topliss-reactive ketones (excluding diaryl/α,β-unsaturated/α-hetero) is 1. The molecule has 0 saturated heterocycles. The van der Waals surface area contributed by atoms with E-state index in [1.165, 1.54) is 26.2 Å². The quantitative estimate of drug-likeness (QED) is 0.359. The van der Waals surface area contributed by atoms with Gasteiger partial charge < -0.3 is 9.47 Å².